The van der Waals surface area contributed by atoms with Crippen molar-refractivity contribution in [2.75, 3.05) is 26.2 Å². The number of carbonyl (C=O) groups is 1. The number of hydrogen-bond acceptors (Lipinski definition) is 3. The topological polar surface area (TPSA) is 49.4 Å². The Morgan fingerprint density at radius 3 is 2.27 bits per heavy atom. The van der Waals surface area contributed by atoms with Crippen LogP contribution in [-0.4, -0.2) is 47.4 Å². The van der Waals surface area contributed by atoms with Gasteiger partial charge in [0.25, 0.3) is 0 Å². The minimum Gasteiger partial charge on any atom is -0.302 e. The van der Waals surface area contributed by atoms with Gasteiger partial charge in [-0.25, -0.2) is 9.34 Å². The molecular formula is C24H39N2O3P. The molecule has 0 aromatic carbocycles. The maximum atomic E-state index is 13.7. The van der Waals surface area contributed by atoms with Crippen molar-refractivity contribution in [3.8, 4) is 0 Å². The average molecular weight is 435 g/mol. The maximum Gasteiger partial charge on any atom is 0.346 e. The monoisotopic (exact) mass is 434 g/mol. The lowest BCUT2D eigenvalue weighted by atomic mass is 9.44. The fourth-order valence-electron chi connectivity index (χ4n) is 8.60. The van der Waals surface area contributed by atoms with Crippen LogP contribution in [0.15, 0.2) is 0 Å². The van der Waals surface area contributed by atoms with Gasteiger partial charge in [0.1, 0.15) is 5.78 Å². The highest BCUT2D eigenvalue weighted by Crippen LogP contribution is 2.70. The number of nitrogens with zero attached hydrogens (tertiary/aromatic N) is 2. The van der Waals surface area contributed by atoms with Crippen molar-refractivity contribution in [2.24, 2.45) is 40.4 Å². The quantitative estimate of drug-likeness (QED) is 0.462. The van der Waals surface area contributed by atoms with Gasteiger partial charge in [0.15, 0.2) is 0 Å². The van der Waals surface area contributed by atoms with E-state index in [2.05, 4.69) is 30.1 Å². The van der Waals surface area contributed by atoms with Crippen LogP contribution in [0.5, 0.6) is 0 Å². The van der Waals surface area contributed by atoms with Gasteiger partial charge in [-0.15, -0.1) is 0 Å². The summed E-state index contributed by atoms with van der Waals surface area (Å²) in [6, 6.07) is 0. The third-order valence-electron chi connectivity index (χ3n) is 10.5. The minimum atomic E-state index is -2.76. The first-order valence-corrected chi connectivity index (χ1v) is 14.1. The van der Waals surface area contributed by atoms with Gasteiger partial charge in [-0.05, 0) is 79.4 Å². The van der Waals surface area contributed by atoms with Crippen LogP contribution in [0, 0.1) is 40.4 Å². The van der Waals surface area contributed by atoms with Gasteiger partial charge >= 0.3 is 7.67 Å². The molecule has 2 saturated heterocycles. The predicted molar refractivity (Wildman–Crippen MR) is 117 cm³/mol. The summed E-state index contributed by atoms with van der Waals surface area (Å²) in [5.41, 5.74) is 0.507. The van der Waals surface area contributed by atoms with Gasteiger partial charge in [0.05, 0.1) is 6.10 Å². The molecule has 8 unspecified atom stereocenters. The highest BCUT2D eigenvalue weighted by molar-refractivity contribution is 7.54. The summed E-state index contributed by atoms with van der Waals surface area (Å²) in [6.45, 7) is 10.9. The molecule has 6 heteroatoms. The van der Waals surface area contributed by atoms with Crippen LogP contribution in [0.3, 0.4) is 0 Å². The molecule has 0 spiro atoms. The Hall–Kier alpha value is -0.220. The van der Waals surface area contributed by atoms with E-state index in [0.717, 1.165) is 57.3 Å². The lowest BCUT2D eigenvalue weighted by molar-refractivity contribution is -0.148. The highest BCUT2D eigenvalue weighted by Gasteiger charge is 2.63. The fraction of sp³-hybridized carbons (Fsp3) is 0.958. The van der Waals surface area contributed by atoms with Crippen LogP contribution in [-0.2, 0) is 13.9 Å². The molecule has 6 aliphatic rings. The Morgan fingerprint density at radius 2 is 1.60 bits per heavy atom. The van der Waals surface area contributed by atoms with E-state index in [0.29, 0.717) is 23.0 Å². The summed E-state index contributed by atoms with van der Waals surface area (Å²) in [6.07, 6.45) is 9.36. The van der Waals surface area contributed by atoms with E-state index >= 15 is 0 Å². The van der Waals surface area contributed by atoms with E-state index < -0.39 is 7.67 Å². The van der Waals surface area contributed by atoms with Crippen LogP contribution in [0.25, 0.3) is 0 Å². The largest absolute Gasteiger partial charge is 0.346 e. The molecule has 4 aliphatic carbocycles. The summed E-state index contributed by atoms with van der Waals surface area (Å²) < 4.78 is 24.5. The van der Waals surface area contributed by atoms with Gasteiger partial charge in [0, 0.05) is 38.5 Å². The SMILES string of the molecule is CC1CC2(C)C(CCC3C2CCC2(C)C(OP(=O)(N4CC4)N4CC4)CCC32)CC1=O. The van der Waals surface area contributed by atoms with Crippen LogP contribution >= 0.6 is 7.67 Å². The van der Waals surface area contributed by atoms with E-state index in [-0.39, 0.29) is 17.4 Å². The molecule has 168 valence electrons. The Labute approximate surface area is 181 Å². The van der Waals surface area contributed by atoms with Gasteiger partial charge in [-0.1, -0.05) is 20.8 Å². The Bertz CT molecular complexity index is 779. The molecule has 0 N–H and O–H groups in total. The van der Waals surface area contributed by atoms with Crippen molar-refractivity contribution in [1.82, 2.24) is 9.34 Å². The number of Topliss-reactive ketones (excluding diaryl/α,β-unsaturated/α-hetero) is 1. The normalized spacial score (nSPS) is 51.2. The third kappa shape index (κ3) is 2.84. The van der Waals surface area contributed by atoms with E-state index in [1.54, 1.807) is 0 Å². The molecule has 2 heterocycles. The number of hydrogen-bond donors (Lipinski definition) is 0. The number of rotatable bonds is 4. The minimum absolute atomic E-state index is 0.146. The first kappa shape index (κ1) is 20.4. The summed E-state index contributed by atoms with van der Waals surface area (Å²) in [4.78, 5) is 12.4. The Kier molecular flexibility index (Phi) is 4.52. The Balaban J connectivity index is 1.24. The second-order valence-corrected chi connectivity index (χ2v) is 14.4. The molecule has 8 atom stereocenters. The molecule has 0 aromatic rings. The summed E-state index contributed by atoms with van der Waals surface area (Å²) in [7, 11) is -2.76. The van der Waals surface area contributed by atoms with E-state index in [1.165, 1.54) is 32.1 Å². The van der Waals surface area contributed by atoms with Crippen molar-refractivity contribution in [3.05, 3.63) is 0 Å². The zero-order valence-electron chi connectivity index (χ0n) is 19.0. The van der Waals surface area contributed by atoms with Crippen LogP contribution in [0.4, 0.5) is 0 Å². The molecule has 0 bridgehead atoms. The van der Waals surface area contributed by atoms with Crippen molar-refractivity contribution >= 4 is 13.5 Å². The molecule has 0 aromatic heterocycles. The number of ketones is 1. The molecular weight excluding hydrogens is 395 g/mol. The summed E-state index contributed by atoms with van der Waals surface area (Å²) in [5.74, 6) is 3.57. The lowest BCUT2D eigenvalue weighted by Crippen LogP contribution is -2.55. The molecule has 5 nitrogen and oxygen atoms in total. The number of fused-ring (bicyclic) bond motifs is 5. The third-order valence-corrected chi connectivity index (χ3v) is 13.3. The molecule has 4 saturated carbocycles. The van der Waals surface area contributed by atoms with E-state index in [1.807, 2.05) is 0 Å². The van der Waals surface area contributed by atoms with E-state index in [4.69, 9.17) is 4.52 Å². The van der Waals surface area contributed by atoms with Crippen LogP contribution in [0.2, 0.25) is 0 Å². The molecule has 0 radical (unpaired) electrons. The molecule has 6 fully saturated rings. The van der Waals surface area contributed by atoms with Crippen LogP contribution < -0.4 is 0 Å². The van der Waals surface area contributed by atoms with Gasteiger partial charge in [-0.2, -0.15) is 0 Å². The van der Waals surface area contributed by atoms with Crippen molar-refractivity contribution in [2.45, 2.75) is 78.2 Å². The lowest BCUT2D eigenvalue weighted by Gasteiger charge is -2.60. The molecule has 2 aliphatic heterocycles. The molecule has 30 heavy (non-hydrogen) atoms. The zero-order valence-corrected chi connectivity index (χ0v) is 19.9. The maximum absolute atomic E-state index is 13.7. The van der Waals surface area contributed by atoms with Gasteiger partial charge in [-0.3, -0.25) is 9.36 Å². The van der Waals surface area contributed by atoms with Crippen molar-refractivity contribution in [3.63, 3.8) is 0 Å². The van der Waals surface area contributed by atoms with Gasteiger partial charge in [0.2, 0.25) is 0 Å². The van der Waals surface area contributed by atoms with Crippen molar-refractivity contribution < 1.29 is 13.9 Å². The first-order valence-electron chi connectivity index (χ1n) is 12.6. The standard InChI is InChI=1S/C24H39N2O3P/c1-16-15-24(3)17(14-21(16)27)4-5-18-19-6-7-22(23(19,2)9-8-20(18)24)29-30(28,25-10-11-25)26-12-13-26/h16-20,22H,4-15H2,1-3H3. The zero-order chi connectivity index (χ0) is 20.9. The second kappa shape index (κ2) is 6.65. The predicted octanol–water partition coefficient (Wildman–Crippen LogP) is 4.97. The number of carbonyl (C=O) groups excluding carboxylic acids is 1. The van der Waals surface area contributed by atoms with Crippen LogP contribution in [0.1, 0.15) is 72.1 Å². The summed E-state index contributed by atoms with van der Waals surface area (Å²) in [5, 5.41) is 0. The fourth-order valence-corrected chi connectivity index (χ4v) is 11.1. The smallest absolute Gasteiger partial charge is 0.302 e. The molecule has 0 amide bonds. The second-order valence-electron chi connectivity index (χ2n) is 12.0. The summed E-state index contributed by atoms with van der Waals surface area (Å²) >= 11 is 0. The first-order chi connectivity index (χ1) is 14.3. The Morgan fingerprint density at radius 1 is 0.933 bits per heavy atom. The average Bonchev–Trinajstić information content (AvgIpc) is 3.60. The van der Waals surface area contributed by atoms with Crippen molar-refractivity contribution in [1.29, 1.82) is 0 Å². The van der Waals surface area contributed by atoms with Gasteiger partial charge < -0.3 is 4.52 Å². The molecule has 6 rings (SSSR count). The highest BCUT2D eigenvalue weighted by atomic mass is 31.2. The van der Waals surface area contributed by atoms with E-state index in [9.17, 15) is 9.36 Å².